The van der Waals surface area contributed by atoms with Crippen LogP contribution in [0.3, 0.4) is 0 Å². The van der Waals surface area contributed by atoms with Crippen LogP contribution in [0.2, 0.25) is 0 Å². The van der Waals surface area contributed by atoms with Gasteiger partial charge in [-0.05, 0) is 25.7 Å². The molecule has 1 aliphatic rings. The fraction of sp³-hybridized carbons (Fsp3) is 0.933. The predicted octanol–water partition coefficient (Wildman–Crippen LogP) is 3.52. The van der Waals surface area contributed by atoms with Crippen LogP contribution in [0.25, 0.3) is 0 Å². The molecule has 19 heavy (non-hydrogen) atoms. The molecule has 0 aromatic carbocycles. The van der Waals surface area contributed by atoms with Crippen LogP contribution >= 0.6 is 0 Å². The summed E-state index contributed by atoms with van der Waals surface area (Å²) in [7, 11) is -2.98. The zero-order valence-corrected chi connectivity index (χ0v) is 13.2. The number of hydrogen-bond donors (Lipinski definition) is 0. The van der Waals surface area contributed by atoms with Crippen molar-refractivity contribution in [3.05, 3.63) is 0 Å². The van der Waals surface area contributed by atoms with E-state index < -0.39 is 9.84 Å². The van der Waals surface area contributed by atoms with Crippen molar-refractivity contribution in [2.45, 2.75) is 76.4 Å². The van der Waals surface area contributed by atoms with Crippen LogP contribution in [0, 0.1) is 5.92 Å². The smallest absolute Gasteiger partial charge is 0.150 e. The van der Waals surface area contributed by atoms with E-state index in [1.165, 1.54) is 25.5 Å². The van der Waals surface area contributed by atoms with Crippen molar-refractivity contribution >= 4 is 15.6 Å². The van der Waals surface area contributed by atoms with Crippen LogP contribution in [-0.2, 0) is 14.6 Å². The third-order valence-corrected chi connectivity index (χ3v) is 5.85. The Kier molecular flexibility index (Phi) is 7.05. The summed E-state index contributed by atoms with van der Waals surface area (Å²) in [5.41, 5.74) is 0. The molecule has 2 atom stereocenters. The molecule has 1 saturated carbocycles. The highest BCUT2D eigenvalue weighted by Crippen LogP contribution is 2.30. The van der Waals surface area contributed by atoms with E-state index in [1.54, 1.807) is 0 Å². The standard InChI is InChI=1S/C15H28O3S/c1-3-4-5-6-7-11-15(16)13-9-8-10-14(12-13)19(2,17)18/h13-14H,3-12H2,1-2H3. The van der Waals surface area contributed by atoms with Gasteiger partial charge in [-0.3, -0.25) is 4.79 Å². The maximum absolute atomic E-state index is 12.1. The van der Waals surface area contributed by atoms with E-state index in [4.69, 9.17) is 0 Å². The van der Waals surface area contributed by atoms with E-state index in [0.717, 1.165) is 32.1 Å². The molecule has 0 aliphatic heterocycles. The van der Waals surface area contributed by atoms with E-state index in [2.05, 4.69) is 6.92 Å². The lowest BCUT2D eigenvalue weighted by Gasteiger charge is -2.27. The van der Waals surface area contributed by atoms with Gasteiger partial charge in [0.1, 0.15) is 15.6 Å². The summed E-state index contributed by atoms with van der Waals surface area (Å²) in [4.78, 5) is 12.1. The van der Waals surface area contributed by atoms with Crippen molar-refractivity contribution in [3.63, 3.8) is 0 Å². The van der Waals surface area contributed by atoms with Gasteiger partial charge in [0.2, 0.25) is 0 Å². The molecule has 0 bridgehead atoms. The number of ketones is 1. The van der Waals surface area contributed by atoms with Crippen molar-refractivity contribution in [3.8, 4) is 0 Å². The molecule has 3 nitrogen and oxygen atoms in total. The van der Waals surface area contributed by atoms with Gasteiger partial charge in [0, 0.05) is 18.6 Å². The quantitative estimate of drug-likeness (QED) is 0.642. The van der Waals surface area contributed by atoms with Crippen LogP contribution < -0.4 is 0 Å². The first kappa shape index (κ1) is 16.7. The number of hydrogen-bond acceptors (Lipinski definition) is 3. The molecule has 0 radical (unpaired) electrons. The largest absolute Gasteiger partial charge is 0.299 e. The molecule has 0 amide bonds. The first-order valence-electron chi connectivity index (χ1n) is 7.66. The molecule has 0 aromatic heterocycles. The Morgan fingerprint density at radius 3 is 2.42 bits per heavy atom. The van der Waals surface area contributed by atoms with Crippen molar-refractivity contribution in [2.24, 2.45) is 5.92 Å². The second-order valence-electron chi connectivity index (χ2n) is 5.95. The lowest BCUT2D eigenvalue weighted by molar-refractivity contribution is -0.123. The summed E-state index contributed by atoms with van der Waals surface area (Å²) in [5.74, 6) is 0.296. The molecule has 4 heteroatoms. The Balaban J connectivity index is 2.32. The number of sulfone groups is 1. The SMILES string of the molecule is CCCCCCCC(=O)C1CCCC(S(C)(=O)=O)C1. The summed E-state index contributed by atoms with van der Waals surface area (Å²) in [6, 6.07) is 0. The van der Waals surface area contributed by atoms with E-state index >= 15 is 0 Å². The molecular formula is C15H28O3S. The number of rotatable bonds is 8. The van der Waals surface area contributed by atoms with E-state index in [0.29, 0.717) is 18.6 Å². The van der Waals surface area contributed by atoms with Crippen LogP contribution in [0.4, 0.5) is 0 Å². The van der Waals surface area contributed by atoms with Gasteiger partial charge >= 0.3 is 0 Å². The molecule has 1 rings (SSSR count). The second kappa shape index (κ2) is 8.03. The fourth-order valence-corrected chi connectivity index (χ4v) is 4.11. The normalized spacial score (nSPS) is 24.3. The number of carbonyl (C=O) groups is 1. The zero-order valence-electron chi connectivity index (χ0n) is 12.4. The van der Waals surface area contributed by atoms with Crippen LogP contribution in [-0.4, -0.2) is 25.7 Å². The molecule has 0 spiro atoms. The summed E-state index contributed by atoms with van der Waals surface area (Å²) in [6.07, 6.45) is 10.8. The number of unbranched alkanes of at least 4 members (excludes halogenated alkanes) is 4. The topological polar surface area (TPSA) is 51.2 Å². The zero-order chi connectivity index (χ0) is 14.3. The van der Waals surface area contributed by atoms with E-state index in [9.17, 15) is 13.2 Å². The maximum atomic E-state index is 12.1. The first-order chi connectivity index (χ1) is 8.95. The summed E-state index contributed by atoms with van der Waals surface area (Å²) in [6.45, 7) is 2.18. The lowest BCUT2D eigenvalue weighted by atomic mass is 9.84. The minimum absolute atomic E-state index is 0.000324. The average molecular weight is 288 g/mol. The third-order valence-electron chi connectivity index (χ3n) is 4.21. The Morgan fingerprint density at radius 1 is 1.11 bits per heavy atom. The highest BCUT2D eigenvalue weighted by atomic mass is 32.2. The van der Waals surface area contributed by atoms with Crippen molar-refractivity contribution in [1.82, 2.24) is 0 Å². The van der Waals surface area contributed by atoms with E-state index in [1.807, 2.05) is 0 Å². The van der Waals surface area contributed by atoms with Gasteiger partial charge < -0.3 is 0 Å². The summed E-state index contributed by atoms with van der Waals surface area (Å²) in [5, 5.41) is -0.282. The molecule has 0 aromatic rings. The molecule has 0 saturated heterocycles. The highest BCUT2D eigenvalue weighted by Gasteiger charge is 2.31. The first-order valence-corrected chi connectivity index (χ1v) is 9.62. The number of carbonyl (C=O) groups excluding carboxylic acids is 1. The van der Waals surface area contributed by atoms with Gasteiger partial charge in [-0.15, -0.1) is 0 Å². The fourth-order valence-electron chi connectivity index (χ4n) is 2.93. The molecule has 1 aliphatic carbocycles. The van der Waals surface area contributed by atoms with Crippen molar-refractivity contribution < 1.29 is 13.2 Å². The maximum Gasteiger partial charge on any atom is 0.150 e. The van der Waals surface area contributed by atoms with Crippen LogP contribution in [0.5, 0.6) is 0 Å². The van der Waals surface area contributed by atoms with Gasteiger partial charge in [0.15, 0.2) is 0 Å². The predicted molar refractivity (Wildman–Crippen MR) is 79.0 cm³/mol. The van der Waals surface area contributed by atoms with Gasteiger partial charge in [-0.25, -0.2) is 8.42 Å². The Labute approximate surface area is 118 Å². The van der Waals surface area contributed by atoms with Crippen molar-refractivity contribution in [1.29, 1.82) is 0 Å². The van der Waals surface area contributed by atoms with Gasteiger partial charge in [0.05, 0.1) is 5.25 Å². The van der Waals surface area contributed by atoms with Gasteiger partial charge in [0.25, 0.3) is 0 Å². The summed E-state index contributed by atoms with van der Waals surface area (Å²) >= 11 is 0. The van der Waals surface area contributed by atoms with Crippen LogP contribution in [0.15, 0.2) is 0 Å². The average Bonchev–Trinajstić information content (AvgIpc) is 2.37. The Hall–Kier alpha value is -0.380. The molecular weight excluding hydrogens is 260 g/mol. The Morgan fingerprint density at radius 2 is 1.79 bits per heavy atom. The van der Waals surface area contributed by atoms with Gasteiger partial charge in [-0.2, -0.15) is 0 Å². The summed E-state index contributed by atoms with van der Waals surface area (Å²) < 4.78 is 23.2. The monoisotopic (exact) mass is 288 g/mol. The highest BCUT2D eigenvalue weighted by molar-refractivity contribution is 7.91. The molecule has 2 unspecified atom stereocenters. The third kappa shape index (κ3) is 6.07. The minimum Gasteiger partial charge on any atom is -0.299 e. The van der Waals surface area contributed by atoms with E-state index in [-0.39, 0.29) is 11.2 Å². The molecule has 0 heterocycles. The minimum atomic E-state index is -2.98. The lowest BCUT2D eigenvalue weighted by Crippen LogP contribution is -2.31. The Bertz CT molecular complexity index is 373. The molecule has 1 fully saturated rings. The van der Waals surface area contributed by atoms with Crippen LogP contribution in [0.1, 0.15) is 71.1 Å². The second-order valence-corrected chi connectivity index (χ2v) is 8.27. The number of Topliss-reactive ketones (excluding diaryl/α,β-unsaturated/α-hetero) is 1. The molecule has 0 N–H and O–H groups in total. The van der Waals surface area contributed by atoms with Crippen molar-refractivity contribution in [2.75, 3.05) is 6.26 Å². The molecule has 112 valence electrons. The van der Waals surface area contributed by atoms with Gasteiger partial charge in [-0.1, -0.05) is 39.0 Å².